The van der Waals surface area contributed by atoms with Gasteiger partial charge in [-0.1, -0.05) is 12.1 Å². The lowest BCUT2D eigenvalue weighted by molar-refractivity contribution is 0.625. The first kappa shape index (κ1) is 14.0. The minimum absolute atomic E-state index is 0.277. The summed E-state index contributed by atoms with van der Waals surface area (Å²) < 4.78 is 28.4. The number of alkyl halides is 1. The lowest BCUT2D eigenvalue weighted by Gasteiger charge is -2.09. The molecule has 0 saturated heterocycles. The number of benzene rings is 2. The van der Waals surface area contributed by atoms with Crippen LogP contribution in [0.25, 0.3) is 11.0 Å². The van der Waals surface area contributed by atoms with E-state index >= 15 is 0 Å². The summed E-state index contributed by atoms with van der Waals surface area (Å²) in [5.41, 5.74) is 2.38. The van der Waals surface area contributed by atoms with Gasteiger partial charge in [0.05, 0.1) is 11.0 Å². The van der Waals surface area contributed by atoms with Gasteiger partial charge in [0.1, 0.15) is 17.5 Å². The van der Waals surface area contributed by atoms with Gasteiger partial charge in [0.25, 0.3) is 0 Å². The van der Waals surface area contributed by atoms with E-state index in [-0.39, 0.29) is 11.6 Å². The highest BCUT2D eigenvalue weighted by Crippen LogP contribution is 2.20. The standard InChI is InChI=1S/C16H13ClF2N2/c17-8-7-16-20-14-6-5-13(19)9-15(14)21(16)10-11-1-3-12(18)4-2-11/h1-6,9H,7-8,10H2. The van der Waals surface area contributed by atoms with Crippen molar-refractivity contribution in [3.05, 3.63) is 65.5 Å². The Labute approximate surface area is 126 Å². The van der Waals surface area contributed by atoms with Crippen molar-refractivity contribution in [2.75, 3.05) is 5.88 Å². The second-order valence-corrected chi connectivity index (χ2v) is 5.19. The molecule has 1 aromatic heterocycles. The lowest BCUT2D eigenvalue weighted by atomic mass is 10.2. The maximum atomic E-state index is 13.5. The zero-order valence-electron chi connectivity index (χ0n) is 11.2. The molecular formula is C16H13ClF2N2. The largest absolute Gasteiger partial charge is 0.323 e. The second kappa shape index (κ2) is 5.82. The van der Waals surface area contributed by atoms with Crippen LogP contribution >= 0.6 is 11.6 Å². The Morgan fingerprint density at radius 3 is 2.43 bits per heavy atom. The maximum Gasteiger partial charge on any atom is 0.125 e. The van der Waals surface area contributed by atoms with E-state index in [0.29, 0.717) is 18.8 Å². The highest BCUT2D eigenvalue weighted by molar-refractivity contribution is 6.17. The van der Waals surface area contributed by atoms with Crippen molar-refractivity contribution in [1.29, 1.82) is 0 Å². The molecule has 0 fully saturated rings. The Morgan fingerprint density at radius 2 is 1.71 bits per heavy atom. The van der Waals surface area contributed by atoms with E-state index in [9.17, 15) is 8.78 Å². The van der Waals surface area contributed by atoms with Crippen molar-refractivity contribution in [2.24, 2.45) is 0 Å². The van der Waals surface area contributed by atoms with Crippen LogP contribution in [0.15, 0.2) is 42.5 Å². The number of aromatic nitrogens is 2. The van der Waals surface area contributed by atoms with Crippen LogP contribution in [0.2, 0.25) is 0 Å². The predicted octanol–water partition coefficient (Wildman–Crippen LogP) is 4.14. The van der Waals surface area contributed by atoms with E-state index in [0.717, 1.165) is 22.4 Å². The number of fused-ring (bicyclic) bond motifs is 1. The Balaban J connectivity index is 2.07. The average molecular weight is 307 g/mol. The Hall–Kier alpha value is -1.94. The third kappa shape index (κ3) is 2.90. The van der Waals surface area contributed by atoms with Gasteiger partial charge in [-0.3, -0.25) is 0 Å². The first-order valence-electron chi connectivity index (χ1n) is 6.62. The van der Waals surface area contributed by atoms with E-state index in [1.165, 1.54) is 24.3 Å². The number of hydrogen-bond donors (Lipinski definition) is 0. The molecule has 0 bridgehead atoms. The van der Waals surface area contributed by atoms with Crippen molar-refractivity contribution < 1.29 is 8.78 Å². The highest BCUT2D eigenvalue weighted by atomic mass is 35.5. The van der Waals surface area contributed by atoms with Crippen LogP contribution in [0.3, 0.4) is 0 Å². The van der Waals surface area contributed by atoms with Gasteiger partial charge in [-0.05, 0) is 35.9 Å². The number of aryl methyl sites for hydroxylation is 1. The van der Waals surface area contributed by atoms with Crippen molar-refractivity contribution in [1.82, 2.24) is 9.55 Å². The smallest absolute Gasteiger partial charge is 0.125 e. The topological polar surface area (TPSA) is 17.8 Å². The average Bonchev–Trinajstić information content (AvgIpc) is 2.79. The van der Waals surface area contributed by atoms with Crippen LogP contribution in [0.5, 0.6) is 0 Å². The fraction of sp³-hybridized carbons (Fsp3) is 0.188. The number of nitrogens with zero attached hydrogens (tertiary/aromatic N) is 2. The van der Waals surface area contributed by atoms with Gasteiger partial charge in [-0.2, -0.15) is 0 Å². The van der Waals surface area contributed by atoms with E-state index in [4.69, 9.17) is 11.6 Å². The Kier molecular flexibility index (Phi) is 3.88. The van der Waals surface area contributed by atoms with Gasteiger partial charge in [0, 0.05) is 18.8 Å². The third-order valence-electron chi connectivity index (χ3n) is 3.36. The molecule has 0 aliphatic carbocycles. The second-order valence-electron chi connectivity index (χ2n) is 4.81. The summed E-state index contributed by atoms with van der Waals surface area (Å²) >= 11 is 5.81. The van der Waals surface area contributed by atoms with Crippen LogP contribution in [-0.4, -0.2) is 15.4 Å². The predicted molar refractivity (Wildman–Crippen MR) is 79.6 cm³/mol. The van der Waals surface area contributed by atoms with E-state index in [1.54, 1.807) is 18.2 Å². The molecule has 0 aliphatic heterocycles. The minimum atomic E-state index is -0.305. The van der Waals surface area contributed by atoms with E-state index < -0.39 is 0 Å². The van der Waals surface area contributed by atoms with Gasteiger partial charge < -0.3 is 4.57 Å². The molecule has 0 spiro atoms. The van der Waals surface area contributed by atoms with Crippen molar-refractivity contribution in [3.8, 4) is 0 Å². The van der Waals surface area contributed by atoms with Crippen LogP contribution in [-0.2, 0) is 13.0 Å². The molecule has 0 N–H and O–H groups in total. The molecule has 3 rings (SSSR count). The molecule has 2 nitrogen and oxygen atoms in total. The summed E-state index contributed by atoms with van der Waals surface area (Å²) in [4.78, 5) is 4.50. The molecule has 5 heteroatoms. The molecule has 0 radical (unpaired) electrons. The van der Waals surface area contributed by atoms with Crippen molar-refractivity contribution >= 4 is 22.6 Å². The molecular weight excluding hydrogens is 294 g/mol. The van der Waals surface area contributed by atoms with Gasteiger partial charge in [-0.15, -0.1) is 11.6 Å². The molecule has 2 aromatic carbocycles. The third-order valence-corrected chi connectivity index (χ3v) is 3.55. The summed E-state index contributed by atoms with van der Waals surface area (Å²) in [7, 11) is 0. The van der Waals surface area contributed by atoms with Gasteiger partial charge in [0.2, 0.25) is 0 Å². The van der Waals surface area contributed by atoms with Gasteiger partial charge in [-0.25, -0.2) is 13.8 Å². The van der Waals surface area contributed by atoms with Crippen LogP contribution in [0.1, 0.15) is 11.4 Å². The zero-order valence-corrected chi connectivity index (χ0v) is 11.9. The number of hydrogen-bond acceptors (Lipinski definition) is 1. The Bertz CT molecular complexity index is 766. The first-order valence-corrected chi connectivity index (χ1v) is 7.16. The first-order chi connectivity index (χ1) is 10.2. The molecule has 0 atom stereocenters. The molecule has 0 saturated carbocycles. The molecule has 0 amide bonds. The van der Waals surface area contributed by atoms with Crippen molar-refractivity contribution in [3.63, 3.8) is 0 Å². The summed E-state index contributed by atoms with van der Waals surface area (Å²) in [6.07, 6.45) is 0.596. The molecule has 0 unspecified atom stereocenters. The molecule has 21 heavy (non-hydrogen) atoms. The minimum Gasteiger partial charge on any atom is -0.323 e. The van der Waals surface area contributed by atoms with Gasteiger partial charge in [0.15, 0.2) is 0 Å². The highest BCUT2D eigenvalue weighted by Gasteiger charge is 2.11. The summed E-state index contributed by atoms with van der Waals surface area (Å²) in [6.45, 7) is 0.506. The molecule has 1 heterocycles. The molecule has 3 aromatic rings. The fourth-order valence-electron chi connectivity index (χ4n) is 2.37. The summed E-state index contributed by atoms with van der Waals surface area (Å²) in [6, 6.07) is 10.8. The van der Waals surface area contributed by atoms with Gasteiger partial charge >= 0.3 is 0 Å². The van der Waals surface area contributed by atoms with Crippen LogP contribution in [0.4, 0.5) is 8.78 Å². The van der Waals surface area contributed by atoms with Crippen LogP contribution in [0, 0.1) is 11.6 Å². The summed E-state index contributed by atoms with van der Waals surface area (Å²) in [5, 5.41) is 0. The zero-order chi connectivity index (χ0) is 14.8. The maximum absolute atomic E-state index is 13.5. The SMILES string of the molecule is Fc1ccc(Cn2c(CCCl)nc3ccc(F)cc32)cc1. The molecule has 108 valence electrons. The fourth-order valence-corrected chi connectivity index (χ4v) is 2.54. The molecule has 0 aliphatic rings. The Morgan fingerprint density at radius 1 is 1.00 bits per heavy atom. The van der Waals surface area contributed by atoms with Crippen LogP contribution < -0.4 is 0 Å². The number of rotatable bonds is 4. The summed E-state index contributed by atoms with van der Waals surface area (Å²) in [5.74, 6) is 0.659. The number of imidazole rings is 1. The monoisotopic (exact) mass is 306 g/mol. The lowest BCUT2D eigenvalue weighted by Crippen LogP contribution is -2.06. The number of halogens is 3. The quantitative estimate of drug-likeness (QED) is 0.662. The van der Waals surface area contributed by atoms with E-state index in [1.807, 2.05) is 4.57 Å². The van der Waals surface area contributed by atoms with E-state index in [2.05, 4.69) is 4.98 Å². The normalized spacial score (nSPS) is 11.2. The van der Waals surface area contributed by atoms with Crippen molar-refractivity contribution in [2.45, 2.75) is 13.0 Å².